The molecule has 0 aliphatic carbocycles. The summed E-state index contributed by atoms with van der Waals surface area (Å²) in [5.74, 6) is 0.585. The number of nitrogens with zero attached hydrogens (tertiary/aromatic N) is 1. The molecule has 1 rings (SSSR count). The third kappa shape index (κ3) is 5.94. The van der Waals surface area contributed by atoms with Gasteiger partial charge in [0.2, 0.25) is 0 Å². The van der Waals surface area contributed by atoms with Crippen molar-refractivity contribution in [2.24, 2.45) is 4.40 Å². The van der Waals surface area contributed by atoms with Gasteiger partial charge < -0.3 is 4.55 Å². The molecule has 0 bridgehead atoms. The summed E-state index contributed by atoms with van der Waals surface area (Å²) in [6, 6.07) is 8.41. The zero-order valence-corrected chi connectivity index (χ0v) is 16.1. The molecule has 1 atom stereocenters. The van der Waals surface area contributed by atoms with Gasteiger partial charge in [-0.2, -0.15) is 0 Å². The van der Waals surface area contributed by atoms with Gasteiger partial charge in [0.05, 0.1) is 5.71 Å². The van der Waals surface area contributed by atoms with Crippen molar-refractivity contribution in [1.29, 1.82) is 0 Å². The molecule has 0 saturated carbocycles. The highest BCUT2D eigenvalue weighted by molar-refractivity contribution is 7.91. The maximum atomic E-state index is 12.3. The fraction of sp³-hybridized carbons (Fsp3) is 0.611. The van der Waals surface area contributed by atoms with Crippen molar-refractivity contribution in [1.82, 2.24) is 0 Å². The van der Waals surface area contributed by atoms with E-state index in [0.29, 0.717) is 5.88 Å². The lowest BCUT2D eigenvalue weighted by Gasteiger charge is -2.21. The summed E-state index contributed by atoms with van der Waals surface area (Å²) in [5, 5.41) is 0. The number of benzene rings is 1. The van der Waals surface area contributed by atoms with E-state index in [1.165, 1.54) is 5.56 Å². The predicted octanol–water partition coefficient (Wildman–Crippen LogP) is 5.25. The van der Waals surface area contributed by atoms with Crippen molar-refractivity contribution in [3.05, 3.63) is 35.4 Å². The monoisotopic (exact) mass is 341 g/mol. The Hall–Kier alpha value is -0.510. The standard InChI is InChI=1S/C18H28ClNOS/c1-17(2,3)15-11-9-14(10-12-15)16(8-7-13-19)20-22(21)18(4,5)6/h9-12H,7-8,13H2,1-6H3/b20-16+. The summed E-state index contributed by atoms with van der Waals surface area (Å²) in [7, 11) is 0. The quantitative estimate of drug-likeness (QED) is 0.409. The zero-order valence-electron chi connectivity index (χ0n) is 14.6. The van der Waals surface area contributed by atoms with Crippen LogP contribution in [0.4, 0.5) is 0 Å². The summed E-state index contributed by atoms with van der Waals surface area (Å²) in [6.45, 7) is 12.4. The third-order valence-corrected chi connectivity index (χ3v) is 5.05. The molecule has 0 aromatic heterocycles. The number of halogens is 1. The van der Waals surface area contributed by atoms with Gasteiger partial charge in [0.25, 0.3) is 0 Å². The van der Waals surface area contributed by atoms with Gasteiger partial charge in [0.1, 0.15) is 16.1 Å². The zero-order chi connectivity index (χ0) is 17.0. The second kappa shape index (κ2) is 7.85. The molecule has 22 heavy (non-hydrogen) atoms. The first-order valence-corrected chi connectivity index (χ1v) is 9.36. The summed E-state index contributed by atoms with van der Waals surface area (Å²) >= 11 is 4.56. The lowest BCUT2D eigenvalue weighted by molar-refractivity contribution is 0.561. The Kier molecular flexibility index (Phi) is 6.97. The minimum atomic E-state index is -1.25. The van der Waals surface area contributed by atoms with E-state index in [4.69, 9.17) is 11.6 Å². The summed E-state index contributed by atoms with van der Waals surface area (Å²) < 4.78 is 16.5. The third-order valence-electron chi connectivity index (χ3n) is 3.35. The topological polar surface area (TPSA) is 35.4 Å². The fourth-order valence-corrected chi connectivity index (χ4v) is 2.68. The Bertz CT molecular complexity index is 497. The summed E-state index contributed by atoms with van der Waals surface area (Å²) in [5.41, 5.74) is 3.33. The highest BCUT2D eigenvalue weighted by atomic mass is 35.5. The molecule has 1 aromatic carbocycles. The van der Waals surface area contributed by atoms with E-state index in [0.717, 1.165) is 24.1 Å². The van der Waals surface area contributed by atoms with Crippen LogP contribution < -0.4 is 0 Å². The first-order chi connectivity index (χ1) is 10.1. The Morgan fingerprint density at radius 1 is 1.09 bits per heavy atom. The number of hydrogen-bond donors (Lipinski definition) is 0. The minimum absolute atomic E-state index is 0.125. The molecule has 0 amide bonds. The van der Waals surface area contributed by atoms with Crippen LogP contribution in [0, 0.1) is 0 Å². The smallest absolute Gasteiger partial charge is 0.144 e. The average molecular weight is 342 g/mol. The predicted molar refractivity (Wildman–Crippen MR) is 99.5 cm³/mol. The molecule has 0 spiro atoms. The molecule has 4 heteroatoms. The van der Waals surface area contributed by atoms with E-state index in [9.17, 15) is 4.55 Å². The molecule has 0 fully saturated rings. The van der Waals surface area contributed by atoms with Crippen LogP contribution >= 0.6 is 11.6 Å². The Morgan fingerprint density at radius 2 is 1.64 bits per heavy atom. The molecular weight excluding hydrogens is 314 g/mol. The average Bonchev–Trinajstić information content (AvgIpc) is 2.41. The highest BCUT2D eigenvalue weighted by Crippen LogP contribution is 2.24. The molecule has 1 unspecified atom stereocenters. The van der Waals surface area contributed by atoms with E-state index in [1.54, 1.807) is 0 Å². The van der Waals surface area contributed by atoms with E-state index in [-0.39, 0.29) is 10.2 Å². The number of rotatable bonds is 5. The van der Waals surface area contributed by atoms with Crippen molar-refractivity contribution in [3.63, 3.8) is 0 Å². The second-order valence-corrected chi connectivity index (χ2v) is 9.80. The van der Waals surface area contributed by atoms with E-state index in [1.807, 2.05) is 20.8 Å². The fourth-order valence-electron chi connectivity index (χ4n) is 1.88. The molecule has 0 heterocycles. The van der Waals surface area contributed by atoms with Gasteiger partial charge in [-0.1, -0.05) is 49.4 Å². The van der Waals surface area contributed by atoms with Gasteiger partial charge in [-0.25, -0.2) is 0 Å². The van der Waals surface area contributed by atoms with Gasteiger partial charge in [-0.15, -0.1) is 11.6 Å². The van der Waals surface area contributed by atoms with Crippen molar-refractivity contribution >= 4 is 28.7 Å². The molecule has 1 aromatic rings. The summed E-state index contributed by atoms with van der Waals surface area (Å²) in [4.78, 5) is 0. The Labute approximate surface area is 143 Å². The van der Waals surface area contributed by atoms with Crippen LogP contribution in [-0.4, -0.2) is 20.9 Å². The van der Waals surface area contributed by atoms with Crippen LogP contribution in [-0.2, 0) is 16.8 Å². The van der Waals surface area contributed by atoms with Crippen molar-refractivity contribution in [2.75, 3.05) is 5.88 Å². The lowest BCUT2D eigenvalue weighted by Crippen LogP contribution is -2.27. The first-order valence-electron chi connectivity index (χ1n) is 7.72. The molecule has 124 valence electrons. The van der Waals surface area contributed by atoms with Crippen molar-refractivity contribution in [2.45, 2.75) is 64.5 Å². The van der Waals surface area contributed by atoms with Crippen molar-refractivity contribution < 1.29 is 4.55 Å². The van der Waals surface area contributed by atoms with Gasteiger partial charge in [0.15, 0.2) is 0 Å². The Balaban J connectivity index is 3.09. The molecule has 0 N–H and O–H groups in total. The normalized spacial score (nSPS) is 15.0. The maximum Gasteiger partial charge on any atom is 0.144 e. The molecule has 0 aliphatic heterocycles. The Morgan fingerprint density at radius 3 is 2.05 bits per heavy atom. The molecular formula is C18H28ClNOS. The first kappa shape index (κ1) is 19.5. The van der Waals surface area contributed by atoms with Crippen LogP contribution in [0.2, 0.25) is 0 Å². The minimum Gasteiger partial charge on any atom is -0.591 e. The number of hydrogen-bond acceptors (Lipinski definition) is 2. The van der Waals surface area contributed by atoms with E-state index < -0.39 is 11.4 Å². The van der Waals surface area contributed by atoms with Gasteiger partial charge in [0, 0.05) is 11.4 Å². The lowest BCUT2D eigenvalue weighted by atomic mass is 9.86. The van der Waals surface area contributed by atoms with E-state index >= 15 is 0 Å². The molecule has 0 saturated heterocycles. The number of alkyl halides is 1. The summed E-state index contributed by atoms with van der Waals surface area (Å²) in [6.07, 6.45) is 1.59. The SMILES string of the molecule is CC(C)(C)c1ccc(/C(CCCCl)=N/[S+]([O-])C(C)(C)C)cc1. The highest BCUT2D eigenvalue weighted by Gasteiger charge is 2.27. The van der Waals surface area contributed by atoms with Crippen LogP contribution in [0.3, 0.4) is 0 Å². The van der Waals surface area contributed by atoms with Gasteiger partial charge in [-0.3, -0.25) is 0 Å². The molecule has 0 radical (unpaired) electrons. The van der Waals surface area contributed by atoms with Crippen LogP contribution in [0.5, 0.6) is 0 Å². The van der Waals surface area contributed by atoms with Gasteiger partial charge >= 0.3 is 0 Å². The van der Waals surface area contributed by atoms with Crippen LogP contribution in [0.25, 0.3) is 0 Å². The van der Waals surface area contributed by atoms with Crippen LogP contribution in [0.15, 0.2) is 28.7 Å². The van der Waals surface area contributed by atoms with E-state index in [2.05, 4.69) is 49.4 Å². The van der Waals surface area contributed by atoms with Crippen molar-refractivity contribution in [3.8, 4) is 0 Å². The molecule has 2 nitrogen and oxygen atoms in total. The van der Waals surface area contributed by atoms with Crippen LogP contribution in [0.1, 0.15) is 65.5 Å². The van der Waals surface area contributed by atoms with Gasteiger partial charge in [-0.05, 0) is 44.6 Å². The largest absolute Gasteiger partial charge is 0.591 e. The maximum absolute atomic E-state index is 12.3. The molecule has 0 aliphatic rings. The second-order valence-electron chi connectivity index (χ2n) is 7.52.